The highest BCUT2D eigenvalue weighted by Gasteiger charge is 2.35. The quantitative estimate of drug-likeness (QED) is 0.139. The molecule has 2 fully saturated rings. The van der Waals surface area contributed by atoms with Gasteiger partial charge in [0, 0.05) is 54.3 Å². The van der Waals surface area contributed by atoms with Gasteiger partial charge in [-0.3, -0.25) is 9.59 Å². The lowest BCUT2D eigenvalue weighted by Crippen LogP contribution is -2.54. The number of nitrogens with zero attached hydrogens (tertiary/aromatic N) is 4. The number of benzene rings is 2. The number of carbonyl (C=O) groups excluding carboxylic acids is 3. The Labute approximate surface area is 299 Å². The molecule has 4 N–H and O–H groups in total. The SMILES string of the molecule is COC(=O)N[C@H](C(=O)N[C@H]1CCC[C@@H]1Nc1ncc(-c2ccc3cc(-c4c[nH]c([C@@H]5CCCN5C(=O)[C@@H](C)C(C)C)n4)ccc3c2)cn1)C(C)C. The van der Waals surface area contributed by atoms with E-state index in [9.17, 15) is 14.4 Å². The molecule has 2 aromatic carbocycles. The van der Waals surface area contributed by atoms with Crippen molar-refractivity contribution in [2.45, 2.75) is 90.9 Å². The van der Waals surface area contributed by atoms with E-state index in [0.717, 1.165) is 77.6 Å². The van der Waals surface area contributed by atoms with E-state index >= 15 is 0 Å². The molecule has 51 heavy (non-hydrogen) atoms. The van der Waals surface area contributed by atoms with E-state index in [2.05, 4.69) is 81.1 Å². The van der Waals surface area contributed by atoms with Crippen molar-refractivity contribution in [3.05, 3.63) is 60.8 Å². The molecule has 4 aromatic rings. The number of nitrogens with one attached hydrogen (secondary N) is 4. The first kappa shape index (κ1) is 35.8. The fourth-order valence-corrected chi connectivity index (χ4v) is 7.12. The van der Waals surface area contributed by atoms with Gasteiger partial charge in [0.15, 0.2) is 0 Å². The number of amides is 3. The van der Waals surface area contributed by atoms with Crippen molar-refractivity contribution in [2.75, 3.05) is 19.0 Å². The van der Waals surface area contributed by atoms with Gasteiger partial charge in [0.05, 0.1) is 18.8 Å². The monoisotopic (exact) mass is 694 g/mol. The summed E-state index contributed by atoms with van der Waals surface area (Å²) in [7, 11) is 1.28. The van der Waals surface area contributed by atoms with Crippen LogP contribution in [0.15, 0.2) is 55.0 Å². The lowest BCUT2D eigenvalue weighted by Gasteiger charge is -2.27. The van der Waals surface area contributed by atoms with E-state index < -0.39 is 12.1 Å². The molecule has 3 heterocycles. The van der Waals surface area contributed by atoms with E-state index in [0.29, 0.717) is 11.9 Å². The van der Waals surface area contributed by atoms with Gasteiger partial charge in [-0.05, 0) is 72.4 Å². The second kappa shape index (κ2) is 15.5. The number of H-pyrrole nitrogens is 1. The molecule has 12 heteroatoms. The Morgan fingerprint density at radius 3 is 2.24 bits per heavy atom. The Morgan fingerprint density at radius 1 is 0.863 bits per heavy atom. The second-order valence-electron chi connectivity index (χ2n) is 14.6. The van der Waals surface area contributed by atoms with Gasteiger partial charge in [-0.25, -0.2) is 19.7 Å². The molecule has 0 bridgehead atoms. The van der Waals surface area contributed by atoms with E-state index in [1.807, 2.05) is 44.3 Å². The minimum Gasteiger partial charge on any atom is -0.453 e. The van der Waals surface area contributed by atoms with Gasteiger partial charge < -0.3 is 30.6 Å². The maximum Gasteiger partial charge on any atom is 0.407 e. The van der Waals surface area contributed by atoms with Crippen LogP contribution in [0.5, 0.6) is 0 Å². The molecule has 1 saturated heterocycles. The summed E-state index contributed by atoms with van der Waals surface area (Å²) in [5.41, 5.74) is 3.79. The van der Waals surface area contributed by atoms with Crippen LogP contribution in [0, 0.1) is 17.8 Å². The minimum absolute atomic E-state index is 0.0137. The standard InChI is InChI=1S/C39H50N8O4/c1-22(2)24(5)37(49)47-16-8-11-33(47)35-40-21-32(43-35)28-15-14-25-17-27(13-12-26(25)18-28)29-19-41-38(42-20-29)45-31-10-7-9-30(31)44-36(48)34(23(3)4)46-39(50)51-6/h12-15,17-24,30-31,33-34H,7-11,16H2,1-6H3,(H,40,43)(H,44,48)(H,46,50)(H,41,42,45)/t24-,30-,31-,33-,34-/m0/s1. The summed E-state index contributed by atoms with van der Waals surface area (Å²) in [5.74, 6) is 1.51. The van der Waals surface area contributed by atoms with Gasteiger partial charge in [0.2, 0.25) is 17.8 Å². The molecule has 2 aliphatic rings. The lowest BCUT2D eigenvalue weighted by molar-refractivity contribution is -0.137. The smallest absolute Gasteiger partial charge is 0.407 e. The first-order valence-corrected chi connectivity index (χ1v) is 18.2. The molecule has 0 radical (unpaired) electrons. The average Bonchev–Trinajstić information content (AvgIpc) is 3.91. The molecular weight excluding hydrogens is 644 g/mol. The third-order valence-corrected chi connectivity index (χ3v) is 10.5. The van der Waals surface area contributed by atoms with Crippen molar-refractivity contribution >= 4 is 34.6 Å². The summed E-state index contributed by atoms with van der Waals surface area (Å²) >= 11 is 0. The van der Waals surface area contributed by atoms with Crippen LogP contribution < -0.4 is 16.0 Å². The van der Waals surface area contributed by atoms with Crippen LogP contribution >= 0.6 is 0 Å². The fourth-order valence-electron chi connectivity index (χ4n) is 7.12. The van der Waals surface area contributed by atoms with Crippen LogP contribution in [0.2, 0.25) is 0 Å². The molecule has 3 amide bonds. The molecule has 2 aromatic heterocycles. The number of rotatable bonds is 11. The Kier molecular flexibility index (Phi) is 10.9. The number of fused-ring (bicyclic) bond motifs is 1. The Balaban J connectivity index is 1.10. The van der Waals surface area contributed by atoms with Crippen LogP contribution in [-0.2, 0) is 14.3 Å². The molecule has 1 aliphatic carbocycles. The van der Waals surface area contributed by atoms with Gasteiger partial charge in [-0.15, -0.1) is 0 Å². The number of hydrogen-bond donors (Lipinski definition) is 4. The lowest BCUT2D eigenvalue weighted by atomic mass is 9.96. The Morgan fingerprint density at radius 2 is 1.55 bits per heavy atom. The Hall–Kier alpha value is -5.00. The van der Waals surface area contributed by atoms with Gasteiger partial charge >= 0.3 is 6.09 Å². The van der Waals surface area contributed by atoms with E-state index in [1.54, 1.807) is 0 Å². The van der Waals surface area contributed by atoms with Crippen molar-refractivity contribution in [1.29, 1.82) is 0 Å². The van der Waals surface area contributed by atoms with Gasteiger partial charge in [-0.2, -0.15) is 0 Å². The van der Waals surface area contributed by atoms with Crippen LogP contribution in [0.3, 0.4) is 0 Å². The highest BCUT2D eigenvalue weighted by molar-refractivity contribution is 5.90. The summed E-state index contributed by atoms with van der Waals surface area (Å²) in [6.45, 7) is 10.8. The van der Waals surface area contributed by atoms with Crippen molar-refractivity contribution in [2.24, 2.45) is 17.8 Å². The number of alkyl carbamates (subject to hydrolysis) is 1. The molecule has 12 nitrogen and oxygen atoms in total. The molecular formula is C39H50N8O4. The van der Waals surface area contributed by atoms with Gasteiger partial charge in [-0.1, -0.05) is 58.9 Å². The van der Waals surface area contributed by atoms with E-state index in [4.69, 9.17) is 9.72 Å². The Bertz CT molecular complexity index is 1860. The highest BCUT2D eigenvalue weighted by Crippen LogP contribution is 2.34. The zero-order valence-electron chi connectivity index (χ0n) is 30.4. The second-order valence-corrected chi connectivity index (χ2v) is 14.6. The summed E-state index contributed by atoms with van der Waals surface area (Å²) in [4.78, 5) is 57.5. The third-order valence-electron chi connectivity index (χ3n) is 10.5. The first-order chi connectivity index (χ1) is 24.5. The van der Waals surface area contributed by atoms with Crippen LogP contribution in [0.1, 0.15) is 78.6 Å². The van der Waals surface area contributed by atoms with Gasteiger partial charge in [0.25, 0.3) is 0 Å². The summed E-state index contributed by atoms with van der Waals surface area (Å²) in [6, 6.07) is 11.8. The molecule has 0 unspecified atom stereocenters. The number of imidazole rings is 1. The largest absolute Gasteiger partial charge is 0.453 e. The third kappa shape index (κ3) is 8.00. The highest BCUT2D eigenvalue weighted by atomic mass is 16.5. The molecule has 5 atom stereocenters. The predicted molar refractivity (Wildman–Crippen MR) is 198 cm³/mol. The van der Waals surface area contributed by atoms with Crippen molar-refractivity contribution in [3.8, 4) is 22.4 Å². The number of aromatic amines is 1. The molecule has 1 saturated carbocycles. The maximum absolute atomic E-state index is 13.2. The number of anilines is 1. The number of carbonyl (C=O) groups is 3. The maximum atomic E-state index is 13.2. The topological polar surface area (TPSA) is 154 Å². The van der Waals surface area contributed by atoms with Crippen molar-refractivity contribution < 1.29 is 19.1 Å². The van der Waals surface area contributed by atoms with Crippen molar-refractivity contribution in [3.63, 3.8) is 0 Å². The average molecular weight is 695 g/mol. The zero-order chi connectivity index (χ0) is 36.2. The molecule has 1 aliphatic heterocycles. The summed E-state index contributed by atoms with van der Waals surface area (Å²) < 4.78 is 4.70. The zero-order valence-corrected chi connectivity index (χ0v) is 30.4. The molecule has 0 spiro atoms. The fraction of sp³-hybridized carbons (Fsp3) is 0.487. The number of ether oxygens (including phenoxy) is 1. The summed E-state index contributed by atoms with van der Waals surface area (Å²) in [6.07, 6.45) is 9.49. The van der Waals surface area contributed by atoms with Crippen LogP contribution in [0.25, 0.3) is 33.2 Å². The predicted octanol–water partition coefficient (Wildman–Crippen LogP) is 6.47. The van der Waals surface area contributed by atoms with Crippen LogP contribution in [-0.4, -0.2) is 74.5 Å². The molecule has 6 rings (SSSR count). The normalized spacial score (nSPS) is 20.1. The van der Waals surface area contributed by atoms with E-state index in [-0.39, 0.29) is 41.8 Å². The van der Waals surface area contributed by atoms with E-state index in [1.165, 1.54) is 7.11 Å². The minimum atomic E-state index is -0.689. The van der Waals surface area contributed by atoms with Gasteiger partial charge in [0.1, 0.15) is 11.9 Å². The summed E-state index contributed by atoms with van der Waals surface area (Å²) in [5, 5.41) is 11.3. The number of likely N-dealkylation sites (tertiary alicyclic amines) is 1. The number of methoxy groups -OCH3 is 1. The number of aromatic nitrogens is 4. The number of hydrogen-bond acceptors (Lipinski definition) is 8. The van der Waals surface area contributed by atoms with Crippen LogP contribution in [0.4, 0.5) is 10.7 Å². The molecule has 270 valence electrons. The van der Waals surface area contributed by atoms with Crippen molar-refractivity contribution in [1.82, 2.24) is 35.5 Å². The first-order valence-electron chi connectivity index (χ1n) is 18.2.